The predicted molar refractivity (Wildman–Crippen MR) is 75.3 cm³/mol. The van der Waals surface area contributed by atoms with E-state index in [1.165, 1.54) is 0 Å². The molecule has 1 aromatic carbocycles. The maximum atomic E-state index is 5.18. The fourth-order valence-electron chi connectivity index (χ4n) is 2.04. The molecule has 0 aliphatic rings. The molecule has 3 aromatic rings. The predicted octanol–water partition coefficient (Wildman–Crippen LogP) is 2.34. The van der Waals surface area contributed by atoms with Crippen LogP contribution in [0.4, 0.5) is 0 Å². The highest BCUT2D eigenvalue weighted by molar-refractivity contribution is 5.43. The SMILES string of the molecule is COc1ccc(Cc2nc3cc(OC)ccn3n2)cc1. The van der Waals surface area contributed by atoms with Crippen molar-refractivity contribution in [2.45, 2.75) is 6.42 Å². The molecule has 3 rings (SSSR count). The largest absolute Gasteiger partial charge is 0.497 e. The molecule has 0 spiro atoms. The molecule has 0 saturated carbocycles. The first-order valence-corrected chi connectivity index (χ1v) is 6.31. The molecule has 0 saturated heterocycles. The number of hydrogen-bond acceptors (Lipinski definition) is 4. The summed E-state index contributed by atoms with van der Waals surface area (Å²) in [6, 6.07) is 11.6. The van der Waals surface area contributed by atoms with Crippen molar-refractivity contribution in [3.63, 3.8) is 0 Å². The van der Waals surface area contributed by atoms with Crippen LogP contribution in [0.3, 0.4) is 0 Å². The molecule has 0 fully saturated rings. The van der Waals surface area contributed by atoms with E-state index in [1.807, 2.05) is 42.6 Å². The van der Waals surface area contributed by atoms with Gasteiger partial charge < -0.3 is 9.47 Å². The molecule has 0 atom stereocenters. The average molecular weight is 269 g/mol. The van der Waals surface area contributed by atoms with E-state index >= 15 is 0 Å². The van der Waals surface area contributed by atoms with Crippen LogP contribution in [-0.4, -0.2) is 28.8 Å². The van der Waals surface area contributed by atoms with Gasteiger partial charge in [-0.1, -0.05) is 12.1 Å². The first-order chi connectivity index (χ1) is 9.78. The second-order valence-electron chi connectivity index (χ2n) is 4.42. The third kappa shape index (κ3) is 2.42. The van der Waals surface area contributed by atoms with Crippen LogP contribution in [0.5, 0.6) is 11.5 Å². The molecule has 20 heavy (non-hydrogen) atoms. The topological polar surface area (TPSA) is 48.7 Å². The zero-order valence-electron chi connectivity index (χ0n) is 11.4. The molecule has 2 aromatic heterocycles. The Balaban J connectivity index is 1.86. The second kappa shape index (κ2) is 5.21. The summed E-state index contributed by atoms with van der Waals surface area (Å²) < 4.78 is 12.1. The van der Waals surface area contributed by atoms with Crippen molar-refractivity contribution in [1.82, 2.24) is 14.6 Å². The Bertz CT molecular complexity index is 720. The van der Waals surface area contributed by atoms with E-state index in [1.54, 1.807) is 18.7 Å². The minimum absolute atomic E-state index is 0.688. The van der Waals surface area contributed by atoms with Crippen molar-refractivity contribution < 1.29 is 9.47 Å². The van der Waals surface area contributed by atoms with Crippen molar-refractivity contribution in [2.75, 3.05) is 14.2 Å². The molecule has 0 aliphatic carbocycles. The minimum Gasteiger partial charge on any atom is -0.497 e. The summed E-state index contributed by atoms with van der Waals surface area (Å²) in [6.45, 7) is 0. The molecule has 0 bridgehead atoms. The molecule has 5 nitrogen and oxygen atoms in total. The maximum Gasteiger partial charge on any atom is 0.159 e. The fourth-order valence-corrected chi connectivity index (χ4v) is 2.04. The molecule has 0 aliphatic heterocycles. The number of methoxy groups -OCH3 is 2. The van der Waals surface area contributed by atoms with Crippen LogP contribution >= 0.6 is 0 Å². The van der Waals surface area contributed by atoms with E-state index in [4.69, 9.17) is 9.47 Å². The quantitative estimate of drug-likeness (QED) is 0.729. The van der Waals surface area contributed by atoms with Crippen LogP contribution in [0.2, 0.25) is 0 Å². The summed E-state index contributed by atoms with van der Waals surface area (Å²) in [6.07, 6.45) is 2.53. The molecular weight excluding hydrogens is 254 g/mol. The highest BCUT2D eigenvalue weighted by atomic mass is 16.5. The van der Waals surface area contributed by atoms with Gasteiger partial charge in [0.2, 0.25) is 0 Å². The fraction of sp³-hybridized carbons (Fsp3) is 0.200. The molecular formula is C15H15N3O2. The van der Waals surface area contributed by atoms with Gasteiger partial charge in [0, 0.05) is 18.7 Å². The van der Waals surface area contributed by atoms with Gasteiger partial charge in [-0.3, -0.25) is 0 Å². The Hall–Kier alpha value is -2.56. The van der Waals surface area contributed by atoms with Crippen molar-refractivity contribution in [3.8, 4) is 11.5 Å². The Labute approximate surface area is 116 Å². The normalized spacial score (nSPS) is 10.7. The van der Waals surface area contributed by atoms with Crippen molar-refractivity contribution >= 4 is 5.65 Å². The third-order valence-corrected chi connectivity index (χ3v) is 3.11. The van der Waals surface area contributed by atoms with Crippen molar-refractivity contribution in [1.29, 1.82) is 0 Å². The number of nitrogens with zero attached hydrogens (tertiary/aromatic N) is 3. The lowest BCUT2D eigenvalue weighted by atomic mass is 10.1. The molecule has 5 heteroatoms. The van der Waals surface area contributed by atoms with Gasteiger partial charge in [-0.05, 0) is 23.8 Å². The maximum absolute atomic E-state index is 5.18. The first-order valence-electron chi connectivity index (χ1n) is 6.31. The monoisotopic (exact) mass is 269 g/mol. The number of rotatable bonds is 4. The number of hydrogen-bond donors (Lipinski definition) is 0. The molecule has 102 valence electrons. The number of aromatic nitrogens is 3. The van der Waals surface area contributed by atoms with Crippen molar-refractivity contribution in [2.24, 2.45) is 0 Å². The minimum atomic E-state index is 0.688. The summed E-state index contributed by atoms with van der Waals surface area (Å²) in [5.41, 5.74) is 1.93. The average Bonchev–Trinajstić information content (AvgIpc) is 2.89. The lowest BCUT2D eigenvalue weighted by Gasteiger charge is -2.00. The molecule has 0 N–H and O–H groups in total. The summed E-state index contributed by atoms with van der Waals surface area (Å²) in [5, 5.41) is 4.44. The smallest absolute Gasteiger partial charge is 0.159 e. The van der Waals surface area contributed by atoms with Crippen LogP contribution in [0, 0.1) is 0 Å². The highest BCUT2D eigenvalue weighted by Crippen LogP contribution is 2.16. The van der Waals surface area contributed by atoms with E-state index in [-0.39, 0.29) is 0 Å². The van der Waals surface area contributed by atoms with Gasteiger partial charge >= 0.3 is 0 Å². The molecule has 2 heterocycles. The number of ether oxygens (including phenoxy) is 2. The van der Waals surface area contributed by atoms with Crippen LogP contribution in [0.1, 0.15) is 11.4 Å². The Kier molecular flexibility index (Phi) is 3.25. The highest BCUT2D eigenvalue weighted by Gasteiger charge is 2.06. The van der Waals surface area contributed by atoms with E-state index in [9.17, 15) is 0 Å². The number of pyridine rings is 1. The van der Waals surface area contributed by atoms with Crippen LogP contribution < -0.4 is 9.47 Å². The van der Waals surface area contributed by atoms with Crippen LogP contribution in [-0.2, 0) is 6.42 Å². The van der Waals surface area contributed by atoms with Gasteiger partial charge in [-0.2, -0.15) is 5.10 Å². The van der Waals surface area contributed by atoms with Gasteiger partial charge in [0.05, 0.1) is 14.2 Å². The summed E-state index contributed by atoms with van der Waals surface area (Å²) in [5.74, 6) is 2.41. The summed E-state index contributed by atoms with van der Waals surface area (Å²) in [7, 11) is 3.30. The number of fused-ring (bicyclic) bond motifs is 1. The van der Waals surface area contributed by atoms with E-state index in [0.717, 1.165) is 28.5 Å². The zero-order valence-corrected chi connectivity index (χ0v) is 11.4. The van der Waals surface area contributed by atoms with Gasteiger partial charge in [-0.15, -0.1) is 0 Å². The van der Waals surface area contributed by atoms with E-state index < -0.39 is 0 Å². The Morgan fingerprint density at radius 2 is 1.75 bits per heavy atom. The van der Waals surface area contributed by atoms with Gasteiger partial charge in [0.25, 0.3) is 0 Å². The van der Waals surface area contributed by atoms with Crippen molar-refractivity contribution in [3.05, 3.63) is 54.0 Å². The molecule has 0 unspecified atom stereocenters. The van der Waals surface area contributed by atoms with Gasteiger partial charge in [0.1, 0.15) is 11.5 Å². The summed E-state index contributed by atoms with van der Waals surface area (Å²) >= 11 is 0. The van der Waals surface area contributed by atoms with Crippen LogP contribution in [0.25, 0.3) is 5.65 Å². The summed E-state index contributed by atoms with van der Waals surface area (Å²) in [4.78, 5) is 4.50. The van der Waals surface area contributed by atoms with E-state index in [2.05, 4.69) is 10.1 Å². The third-order valence-electron chi connectivity index (χ3n) is 3.11. The Morgan fingerprint density at radius 1 is 1.00 bits per heavy atom. The van der Waals surface area contributed by atoms with Gasteiger partial charge in [0.15, 0.2) is 11.5 Å². The first kappa shape index (κ1) is 12.5. The second-order valence-corrected chi connectivity index (χ2v) is 4.42. The standard InChI is InChI=1S/C15H15N3O2/c1-19-12-5-3-11(4-6-12)9-14-16-15-10-13(20-2)7-8-18(15)17-14/h3-8,10H,9H2,1-2H3. The Morgan fingerprint density at radius 3 is 2.45 bits per heavy atom. The van der Waals surface area contributed by atoms with Gasteiger partial charge in [-0.25, -0.2) is 9.50 Å². The molecule has 0 radical (unpaired) electrons. The lowest BCUT2D eigenvalue weighted by Crippen LogP contribution is -1.92. The zero-order chi connectivity index (χ0) is 13.9. The number of benzene rings is 1. The van der Waals surface area contributed by atoms with Crippen LogP contribution in [0.15, 0.2) is 42.6 Å². The molecule has 0 amide bonds. The lowest BCUT2D eigenvalue weighted by molar-refractivity contribution is 0.414. The van der Waals surface area contributed by atoms with E-state index in [0.29, 0.717) is 6.42 Å².